The van der Waals surface area contributed by atoms with Crippen molar-refractivity contribution in [1.29, 1.82) is 0 Å². The molecule has 0 fully saturated rings. The molecule has 154 valence electrons. The van der Waals surface area contributed by atoms with Crippen LogP contribution in [0.25, 0.3) is 6.08 Å². The molecule has 3 aromatic carbocycles. The summed E-state index contributed by atoms with van der Waals surface area (Å²) in [4.78, 5) is 12.4. The van der Waals surface area contributed by atoms with E-state index in [-0.39, 0.29) is 5.78 Å². The molecule has 0 atom stereocenters. The molecule has 0 spiro atoms. The first-order valence-corrected chi connectivity index (χ1v) is 9.74. The summed E-state index contributed by atoms with van der Waals surface area (Å²) in [5, 5.41) is 0. The van der Waals surface area contributed by atoms with Gasteiger partial charge in [0, 0.05) is 11.1 Å². The molecule has 0 heterocycles. The summed E-state index contributed by atoms with van der Waals surface area (Å²) in [6.45, 7) is 4.49. The van der Waals surface area contributed by atoms with Gasteiger partial charge >= 0.3 is 0 Å². The number of hydrogen-bond donors (Lipinski definition) is 0. The summed E-state index contributed by atoms with van der Waals surface area (Å²) in [5.41, 5.74) is 4.74. The van der Waals surface area contributed by atoms with Crippen LogP contribution in [-0.4, -0.2) is 20.0 Å². The number of hydrogen-bond acceptors (Lipinski definition) is 4. The maximum atomic E-state index is 12.4. The Morgan fingerprint density at radius 3 is 2.37 bits per heavy atom. The standard InChI is InChI=1S/C26H26O4/c1-18-6-5-7-25(19(18)2)30-17-22-16-20(9-15-26(22)29-4)8-14-24(27)21-10-12-23(28-3)13-11-21/h5-16H,17H2,1-4H3/b14-8+. The molecular weight excluding hydrogens is 376 g/mol. The minimum absolute atomic E-state index is 0.0679. The van der Waals surface area contributed by atoms with Gasteiger partial charge < -0.3 is 14.2 Å². The van der Waals surface area contributed by atoms with E-state index in [1.54, 1.807) is 50.6 Å². The van der Waals surface area contributed by atoms with Crippen molar-refractivity contribution in [3.05, 3.63) is 94.6 Å². The summed E-state index contributed by atoms with van der Waals surface area (Å²) >= 11 is 0. The van der Waals surface area contributed by atoms with Gasteiger partial charge in [0.05, 0.1) is 14.2 Å². The van der Waals surface area contributed by atoms with Crippen molar-refractivity contribution in [2.24, 2.45) is 0 Å². The largest absolute Gasteiger partial charge is 0.497 e. The minimum Gasteiger partial charge on any atom is -0.497 e. The highest BCUT2D eigenvalue weighted by molar-refractivity contribution is 6.06. The highest BCUT2D eigenvalue weighted by Gasteiger charge is 2.08. The number of rotatable bonds is 8. The van der Waals surface area contributed by atoms with Crippen LogP contribution in [0.3, 0.4) is 0 Å². The van der Waals surface area contributed by atoms with Crippen LogP contribution in [-0.2, 0) is 6.61 Å². The fourth-order valence-corrected chi connectivity index (χ4v) is 3.07. The third kappa shape index (κ3) is 5.09. The van der Waals surface area contributed by atoms with Crippen LogP contribution in [0.15, 0.2) is 66.7 Å². The summed E-state index contributed by atoms with van der Waals surface area (Å²) in [6.07, 6.45) is 3.37. The summed E-state index contributed by atoms with van der Waals surface area (Å²) in [7, 11) is 3.24. The molecule has 0 amide bonds. The van der Waals surface area contributed by atoms with Crippen molar-refractivity contribution in [1.82, 2.24) is 0 Å². The number of aryl methyl sites for hydroxylation is 1. The van der Waals surface area contributed by atoms with Crippen LogP contribution in [0.4, 0.5) is 0 Å². The Kier molecular flexibility index (Phi) is 6.91. The molecular formula is C26H26O4. The number of benzene rings is 3. The summed E-state index contributed by atoms with van der Waals surface area (Å²) < 4.78 is 16.6. The topological polar surface area (TPSA) is 44.8 Å². The van der Waals surface area contributed by atoms with Crippen molar-refractivity contribution in [3.63, 3.8) is 0 Å². The van der Waals surface area contributed by atoms with Gasteiger partial charge in [-0.2, -0.15) is 0 Å². The zero-order valence-corrected chi connectivity index (χ0v) is 17.8. The van der Waals surface area contributed by atoms with Gasteiger partial charge in [-0.15, -0.1) is 0 Å². The van der Waals surface area contributed by atoms with E-state index in [9.17, 15) is 4.79 Å². The Morgan fingerprint density at radius 1 is 0.900 bits per heavy atom. The van der Waals surface area contributed by atoms with E-state index in [0.29, 0.717) is 12.2 Å². The van der Waals surface area contributed by atoms with Crippen LogP contribution in [0.2, 0.25) is 0 Å². The van der Waals surface area contributed by atoms with Gasteiger partial charge in [-0.05, 0) is 79.1 Å². The van der Waals surface area contributed by atoms with Crippen LogP contribution in [0.5, 0.6) is 17.2 Å². The SMILES string of the molecule is COc1ccc(C(=O)/C=C/c2ccc(OC)c(COc3cccc(C)c3C)c2)cc1. The van der Waals surface area contributed by atoms with Gasteiger partial charge in [0.25, 0.3) is 0 Å². The number of carbonyl (C=O) groups excluding carboxylic acids is 1. The number of allylic oxidation sites excluding steroid dienone is 1. The maximum absolute atomic E-state index is 12.4. The second-order valence-electron chi connectivity index (χ2n) is 6.98. The number of carbonyl (C=O) groups is 1. The van der Waals surface area contributed by atoms with E-state index in [1.165, 1.54) is 5.56 Å². The van der Waals surface area contributed by atoms with Gasteiger partial charge in [-0.1, -0.05) is 24.3 Å². The van der Waals surface area contributed by atoms with E-state index in [0.717, 1.165) is 33.9 Å². The van der Waals surface area contributed by atoms with Gasteiger partial charge in [0.2, 0.25) is 0 Å². The lowest BCUT2D eigenvalue weighted by Crippen LogP contribution is -2.01. The molecule has 4 heteroatoms. The van der Waals surface area contributed by atoms with E-state index in [4.69, 9.17) is 14.2 Å². The van der Waals surface area contributed by atoms with E-state index in [1.807, 2.05) is 37.3 Å². The Labute approximate surface area is 177 Å². The van der Waals surface area contributed by atoms with Gasteiger partial charge in [0.1, 0.15) is 23.9 Å². The smallest absolute Gasteiger partial charge is 0.185 e. The first kappa shape index (κ1) is 21.2. The summed E-state index contributed by atoms with van der Waals surface area (Å²) in [5.74, 6) is 2.26. The molecule has 0 aromatic heterocycles. The average molecular weight is 402 g/mol. The number of ether oxygens (including phenoxy) is 3. The quantitative estimate of drug-likeness (QED) is 0.353. The number of ketones is 1. The molecule has 0 aliphatic heterocycles. The third-order valence-corrected chi connectivity index (χ3v) is 5.04. The molecule has 4 nitrogen and oxygen atoms in total. The molecule has 0 aliphatic rings. The monoisotopic (exact) mass is 402 g/mol. The lowest BCUT2D eigenvalue weighted by atomic mass is 10.1. The average Bonchev–Trinajstić information content (AvgIpc) is 2.78. The lowest BCUT2D eigenvalue weighted by Gasteiger charge is -2.13. The molecule has 0 radical (unpaired) electrons. The lowest BCUT2D eigenvalue weighted by molar-refractivity contribution is 0.104. The second-order valence-corrected chi connectivity index (χ2v) is 6.98. The normalized spacial score (nSPS) is 10.8. The van der Waals surface area contributed by atoms with Crippen molar-refractivity contribution < 1.29 is 19.0 Å². The van der Waals surface area contributed by atoms with Crippen LogP contribution in [0, 0.1) is 13.8 Å². The molecule has 3 rings (SSSR count). The van der Waals surface area contributed by atoms with Crippen LogP contribution >= 0.6 is 0 Å². The second kappa shape index (κ2) is 9.79. The first-order chi connectivity index (χ1) is 14.5. The first-order valence-electron chi connectivity index (χ1n) is 9.74. The minimum atomic E-state index is -0.0679. The molecule has 0 saturated heterocycles. The van der Waals surface area contributed by atoms with Gasteiger partial charge in [-0.3, -0.25) is 4.79 Å². The fourth-order valence-electron chi connectivity index (χ4n) is 3.07. The zero-order valence-electron chi connectivity index (χ0n) is 17.8. The Bertz CT molecular complexity index is 1050. The molecule has 0 N–H and O–H groups in total. The molecule has 0 aliphatic carbocycles. The predicted molar refractivity (Wildman–Crippen MR) is 120 cm³/mol. The van der Waals surface area contributed by atoms with Crippen LogP contribution < -0.4 is 14.2 Å². The molecule has 3 aromatic rings. The third-order valence-electron chi connectivity index (χ3n) is 5.04. The molecule has 0 bridgehead atoms. The van der Waals surface area contributed by atoms with Crippen molar-refractivity contribution in [3.8, 4) is 17.2 Å². The predicted octanol–water partition coefficient (Wildman–Crippen LogP) is 5.80. The van der Waals surface area contributed by atoms with E-state index < -0.39 is 0 Å². The zero-order chi connectivity index (χ0) is 21.5. The van der Waals surface area contributed by atoms with Crippen molar-refractivity contribution in [2.45, 2.75) is 20.5 Å². The van der Waals surface area contributed by atoms with E-state index in [2.05, 4.69) is 13.0 Å². The summed E-state index contributed by atoms with van der Waals surface area (Å²) in [6, 6.07) is 18.8. The Balaban J connectivity index is 1.75. The number of methoxy groups -OCH3 is 2. The molecule has 0 unspecified atom stereocenters. The van der Waals surface area contributed by atoms with Gasteiger partial charge in [-0.25, -0.2) is 0 Å². The Morgan fingerprint density at radius 2 is 1.67 bits per heavy atom. The highest BCUT2D eigenvalue weighted by atomic mass is 16.5. The fraction of sp³-hybridized carbons (Fsp3) is 0.192. The van der Waals surface area contributed by atoms with Crippen molar-refractivity contribution >= 4 is 11.9 Å². The highest BCUT2D eigenvalue weighted by Crippen LogP contribution is 2.26. The molecule has 0 saturated carbocycles. The molecule has 30 heavy (non-hydrogen) atoms. The van der Waals surface area contributed by atoms with Gasteiger partial charge in [0.15, 0.2) is 5.78 Å². The maximum Gasteiger partial charge on any atom is 0.185 e. The van der Waals surface area contributed by atoms with Crippen LogP contribution in [0.1, 0.15) is 32.6 Å². The van der Waals surface area contributed by atoms with E-state index >= 15 is 0 Å². The van der Waals surface area contributed by atoms with Crippen molar-refractivity contribution in [2.75, 3.05) is 14.2 Å². The Hall–Kier alpha value is -3.53.